The lowest BCUT2D eigenvalue weighted by molar-refractivity contribution is 0.102. The second kappa shape index (κ2) is 6.59. The first-order valence-electron chi connectivity index (χ1n) is 6.38. The van der Waals surface area contributed by atoms with E-state index in [9.17, 15) is 9.18 Å². The SMILES string of the molecule is O=C(Nc1ncn(Cc2ccccc2F)n1)c1n[nH]c(Br)c1Br. The molecule has 0 saturated carbocycles. The van der Waals surface area contributed by atoms with Crippen LogP contribution in [0.25, 0.3) is 0 Å². The van der Waals surface area contributed by atoms with Crippen LogP contribution in [0.3, 0.4) is 0 Å². The van der Waals surface area contributed by atoms with Crippen molar-refractivity contribution in [1.29, 1.82) is 0 Å². The molecule has 0 saturated heterocycles. The molecule has 3 aromatic rings. The van der Waals surface area contributed by atoms with E-state index in [2.05, 4.69) is 57.5 Å². The summed E-state index contributed by atoms with van der Waals surface area (Å²) in [5.74, 6) is -0.682. The van der Waals surface area contributed by atoms with Crippen LogP contribution in [0.5, 0.6) is 0 Å². The van der Waals surface area contributed by atoms with Gasteiger partial charge in [-0.05, 0) is 37.9 Å². The van der Waals surface area contributed by atoms with Gasteiger partial charge in [0.15, 0.2) is 5.69 Å². The molecule has 2 N–H and O–H groups in total. The second-order valence-corrected chi connectivity index (χ2v) is 6.10. The minimum Gasteiger partial charge on any atom is -0.288 e. The van der Waals surface area contributed by atoms with Gasteiger partial charge in [-0.25, -0.2) is 14.1 Å². The van der Waals surface area contributed by atoms with Gasteiger partial charge in [0.2, 0.25) is 5.95 Å². The van der Waals surface area contributed by atoms with Gasteiger partial charge >= 0.3 is 0 Å². The van der Waals surface area contributed by atoms with Crippen LogP contribution in [0.4, 0.5) is 10.3 Å². The van der Waals surface area contributed by atoms with Gasteiger partial charge in [0.25, 0.3) is 5.91 Å². The molecule has 23 heavy (non-hydrogen) atoms. The molecule has 2 heterocycles. The lowest BCUT2D eigenvalue weighted by Crippen LogP contribution is -2.14. The number of amides is 1. The van der Waals surface area contributed by atoms with Gasteiger partial charge in [0.1, 0.15) is 16.7 Å². The maximum absolute atomic E-state index is 13.6. The number of H-pyrrole nitrogens is 1. The first-order valence-corrected chi connectivity index (χ1v) is 7.97. The molecule has 0 bridgehead atoms. The van der Waals surface area contributed by atoms with Crippen LogP contribution in [0.2, 0.25) is 0 Å². The van der Waals surface area contributed by atoms with Crippen LogP contribution in [0.15, 0.2) is 39.7 Å². The molecule has 0 aliphatic heterocycles. The Labute approximate surface area is 146 Å². The Hall–Kier alpha value is -2.07. The lowest BCUT2D eigenvalue weighted by atomic mass is 10.2. The minimum absolute atomic E-state index is 0.109. The molecule has 0 spiro atoms. The van der Waals surface area contributed by atoms with Crippen molar-refractivity contribution in [1.82, 2.24) is 25.0 Å². The molecule has 1 amide bonds. The van der Waals surface area contributed by atoms with E-state index >= 15 is 0 Å². The molecule has 0 radical (unpaired) electrons. The van der Waals surface area contributed by atoms with Crippen molar-refractivity contribution in [2.24, 2.45) is 0 Å². The van der Waals surface area contributed by atoms with E-state index in [0.717, 1.165) is 0 Å². The van der Waals surface area contributed by atoms with Gasteiger partial charge in [-0.15, -0.1) is 5.10 Å². The average Bonchev–Trinajstić information content (AvgIpc) is 3.09. The molecule has 0 unspecified atom stereocenters. The maximum Gasteiger partial charge on any atom is 0.279 e. The number of rotatable bonds is 4. The summed E-state index contributed by atoms with van der Waals surface area (Å²) in [6, 6.07) is 6.40. The summed E-state index contributed by atoms with van der Waals surface area (Å²) >= 11 is 6.43. The number of nitrogens with one attached hydrogen (secondary N) is 2. The van der Waals surface area contributed by atoms with Crippen molar-refractivity contribution in [2.75, 3.05) is 5.32 Å². The number of hydrogen-bond acceptors (Lipinski definition) is 4. The summed E-state index contributed by atoms with van der Waals surface area (Å²) in [5.41, 5.74) is 0.650. The quantitative estimate of drug-likeness (QED) is 0.648. The van der Waals surface area contributed by atoms with Crippen LogP contribution in [0.1, 0.15) is 16.1 Å². The molecule has 10 heteroatoms. The van der Waals surface area contributed by atoms with Crippen molar-refractivity contribution in [3.63, 3.8) is 0 Å². The Morgan fingerprint density at radius 1 is 1.35 bits per heavy atom. The van der Waals surface area contributed by atoms with Gasteiger partial charge in [-0.1, -0.05) is 18.2 Å². The number of halogens is 3. The number of benzene rings is 1. The van der Waals surface area contributed by atoms with Crippen LogP contribution in [-0.4, -0.2) is 30.9 Å². The zero-order valence-corrected chi connectivity index (χ0v) is 14.6. The average molecular weight is 444 g/mol. The van der Waals surface area contributed by atoms with Crippen LogP contribution in [-0.2, 0) is 6.54 Å². The fraction of sp³-hybridized carbons (Fsp3) is 0.0769. The van der Waals surface area contributed by atoms with E-state index in [1.54, 1.807) is 18.2 Å². The van der Waals surface area contributed by atoms with E-state index < -0.39 is 5.91 Å². The molecular formula is C13H9Br2FN6O. The number of aromatic nitrogens is 5. The molecule has 0 aliphatic rings. The molecule has 118 valence electrons. The number of carbonyl (C=O) groups excluding carboxylic acids is 1. The Morgan fingerprint density at radius 3 is 2.83 bits per heavy atom. The largest absolute Gasteiger partial charge is 0.288 e. The highest BCUT2D eigenvalue weighted by Gasteiger charge is 2.18. The maximum atomic E-state index is 13.6. The molecule has 3 rings (SSSR count). The highest BCUT2D eigenvalue weighted by molar-refractivity contribution is 9.13. The predicted octanol–water partition coefficient (Wildman–Crippen LogP) is 2.97. The second-order valence-electron chi connectivity index (χ2n) is 4.51. The van der Waals surface area contributed by atoms with Gasteiger partial charge < -0.3 is 0 Å². The fourth-order valence-corrected chi connectivity index (χ4v) is 2.48. The molecule has 7 nitrogen and oxygen atoms in total. The van der Waals surface area contributed by atoms with Gasteiger partial charge in [-0.2, -0.15) is 5.10 Å². The van der Waals surface area contributed by atoms with Crippen molar-refractivity contribution < 1.29 is 9.18 Å². The Morgan fingerprint density at radius 2 is 2.13 bits per heavy atom. The van der Waals surface area contributed by atoms with E-state index in [-0.39, 0.29) is 24.0 Å². The van der Waals surface area contributed by atoms with E-state index in [4.69, 9.17) is 0 Å². The van der Waals surface area contributed by atoms with Crippen LogP contribution >= 0.6 is 31.9 Å². The van der Waals surface area contributed by atoms with Gasteiger partial charge in [0.05, 0.1) is 11.0 Å². The Kier molecular flexibility index (Phi) is 4.53. The van der Waals surface area contributed by atoms with E-state index in [1.165, 1.54) is 17.1 Å². The summed E-state index contributed by atoms with van der Waals surface area (Å²) in [7, 11) is 0. The van der Waals surface area contributed by atoms with Crippen LogP contribution in [0, 0.1) is 5.82 Å². The Bertz CT molecular complexity index is 862. The number of nitrogens with zero attached hydrogens (tertiary/aromatic N) is 4. The molecule has 0 fully saturated rings. The zero-order chi connectivity index (χ0) is 16.4. The summed E-state index contributed by atoms with van der Waals surface area (Å²) < 4.78 is 16.1. The standard InChI is InChI=1S/C13H9Br2FN6O/c14-9-10(19-20-11(9)15)12(23)18-13-17-6-22(21-13)5-7-3-1-2-4-8(7)16/h1-4,6H,5H2,(H,19,20)(H,18,21,23). The first-order chi connectivity index (χ1) is 11.0. The lowest BCUT2D eigenvalue weighted by Gasteiger charge is -2.02. The summed E-state index contributed by atoms with van der Waals surface area (Å²) in [4.78, 5) is 16.1. The number of aromatic amines is 1. The predicted molar refractivity (Wildman–Crippen MR) is 87.5 cm³/mol. The van der Waals surface area contributed by atoms with Crippen molar-refractivity contribution in [3.05, 3.63) is 56.7 Å². The van der Waals surface area contributed by atoms with Gasteiger partial charge in [0, 0.05) is 5.56 Å². The molecule has 0 aliphatic carbocycles. The monoisotopic (exact) mass is 442 g/mol. The number of hydrogen-bond donors (Lipinski definition) is 2. The van der Waals surface area contributed by atoms with E-state index in [1.807, 2.05) is 0 Å². The zero-order valence-electron chi connectivity index (χ0n) is 11.4. The number of anilines is 1. The van der Waals surface area contributed by atoms with Gasteiger partial charge in [-0.3, -0.25) is 15.2 Å². The smallest absolute Gasteiger partial charge is 0.279 e. The fourth-order valence-electron chi connectivity index (χ4n) is 1.85. The molecule has 0 atom stereocenters. The third-order valence-electron chi connectivity index (χ3n) is 2.93. The topological polar surface area (TPSA) is 88.5 Å². The summed E-state index contributed by atoms with van der Waals surface area (Å²) in [5, 5.41) is 13.1. The molecule has 1 aromatic carbocycles. The third-order valence-corrected chi connectivity index (χ3v) is 4.81. The highest BCUT2D eigenvalue weighted by atomic mass is 79.9. The normalized spacial score (nSPS) is 10.7. The molecule has 2 aromatic heterocycles. The van der Waals surface area contributed by atoms with Crippen LogP contribution < -0.4 is 5.32 Å². The number of carbonyl (C=O) groups is 1. The van der Waals surface area contributed by atoms with Crippen molar-refractivity contribution in [2.45, 2.75) is 6.54 Å². The summed E-state index contributed by atoms with van der Waals surface area (Å²) in [6.07, 6.45) is 1.41. The Balaban J connectivity index is 1.71. The van der Waals surface area contributed by atoms with Crippen molar-refractivity contribution in [3.8, 4) is 0 Å². The van der Waals surface area contributed by atoms with Crippen molar-refractivity contribution >= 4 is 43.7 Å². The first kappa shape index (κ1) is 15.8. The highest BCUT2D eigenvalue weighted by Crippen LogP contribution is 2.24. The molecular weight excluding hydrogens is 435 g/mol. The minimum atomic E-state index is -0.470. The third kappa shape index (κ3) is 3.48. The van der Waals surface area contributed by atoms with E-state index in [0.29, 0.717) is 14.6 Å². The summed E-state index contributed by atoms with van der Waals surface area (Å²) in [6.45, 7) is 0.215.